The molecule has 1 saturated carbocycles. The summed E-state index contributed by atoms with van der Waals surface area (Å²) in [4.78, 5) is 11.6. The van der Waals surface area contributed by atoms with E-state index < -0.39 is 0 Å². The van der Waals surface area contributed by atoms with Crippen LogP contribution in [0.5, 0.6) is 0 Å². The van der Waals surface area contributed by atoms with Gasteiger partial charge in [0.25, 0.3) is 0 Å². The molecule has 1 heterocycles. The zero-order chi connectivity index (χ0) is 8.89. The number of carbonyl (C=O) groups excluding carboxylic acids is 1. The Morgan fingerprint density at radius 1 is 1.21 bits per heavy atom. The predicted octanol–water partition coefficient (Wildman–Crippen LogP) is 2.38. The summed E-state index contributed by atoms with van der Waals surface area (Å²) in [5, 5.41) is 2.97. The zero-order valence-corrected chi connectivity index (χ0v) is 8.56. The van der Waals surface area contributed by atoms with Crippen molar-refractivity contribution in [2.45, 2.75) is 19.3 Å². The molecule has 0 aromatic heterocycles. The molecule has 1 amide bonds. The molecule has 2 nitrogen and oxygen atoms in total. The van der Waals surface area contributed by atoms with Crippen LogP contribution in [0.3, 0.4) is 0 Å². The van der Waals surface area contributed by atoms with Crippen molar-refractivity contribution >= 4 is 24.0 Å². The summed E-state index contributed by atoms with van der Waals surface area (Å²) in [5.74, 6) is 0.228. The summed E-state index contributed by atoms with van der Waals surface area (Å²) in [6.45, 7) is 0. The topological polar surface area (TPSA) is 29.1 Å². The summed E-state index contributed by atoms with van der Waals surface area (Å²) < 4.78 is 0. The van der Waals surface area contributed by atoms with Gasteiger partial charge in [-0.05, 0) is 30.9 Å². The molecule has 2 aliphatic rings. The number of nitrogens with one attached hydrogen (secondary N) is 1. The first-order valence-corrected chi connectivity index (χ1v) is 4.70. The van der Waals surface area contributed by atoms with Crippen LogP contribution >= 0.6 is 12.4 Å². The Hall–Kier alpha value is -1.02. The largest absolute Gasteiger partial charge is 0.325 e. The SMILES string of the molecule is Cl.O=C1Nc2ccccc2CC12CC2. The van der Waals surface area contributed by atoms with Gasteiger partial charge in [0.1, 0.15) is 0 Å². The number of hydrogen-bond acceptors (Lipinski definition) is 1. The van der Waals surface area contributed by atoms with Gasteiger partial charge < -0.3 is 5.32 Å². The van der Waals surface area contributed by atoms with E-state index in [1.54, 1.807) is 0 Å². The van der Waals surface area contributed by atoms with E-state index in [0.717, 1.165) is 24.9 Å². The molecule has 1 aromatic rings. The van der Waals surface area contributed by atoms with Crippen LogP contribution in [0.1, 0.15) is 18.4 Å². The summed E-state index contributed by atoms with van der Waals surface area (Å²) in [6.07, 6.45) is 3.06. The van der Waals surface area contributed by atoms with Crippen molar-refractivity contribution in [1.29, 1.82) is 0 Å². The van der Waals surface area contributed by atoms with Crippen molar-refractivity contribution in [3.8, 4) is 0 Å². The minimum Gasteiger partial charge on any atom is -0.325 e. The van der Waals surface area contributed by atoms with Crippen molar-refractivity contribution in [3.05, 3.63) is 29.8 Å². The molecule has 0 unspecified atom stereocenters. The number of fused-ring (bicyclic) bond motifs is 1. The quantitative estimate of drug-likeness (QED) is 0.699. The maximum absolute atomic E-state index is 11.6. The third-order valence-corrected chi connectivity index (χ3v) is 3.13. The highest BCUT2D eigenvalue weighted by atomic mass is 35.5. The monoisotopic (exact) mass is 209 g/mol. The van der Waals surface area contributed by atoms with E-state index in [2.05, 4.69) is 11.4 Å². The zero-order valence-electron chi connectivity index (χ0n) is 7.75. The Labute approximate surface area is 89.1 Å². The first-order chi connectivity index (χ1) is 6.30. The first-order valence-electron chi connectivity index (χ1n) is 4.70. The van der Waals surface area contributed by atoms with Crippen LogP contribution in [0.25, 0.3) is 0 Å². The van der Waals surface area contributed by atoms with Gasteiger partial charge in [-0.2, -0.15) is 0 Å². The molecule has 1 spiro atoms. The number of para-hydroxylation sites is 1. The standard InChI is InChI=1S/C11H11NO.ClH/c13-10-11(5-6-11)7-8-3-1-2-4-9(8)12-10;/h1-4H,5-7H2,(H,12,13);1H. The van der Waals surface area contributed by atoms with Crippen LogP contribution < -0.4 is 5.32 Å². The van der Waals surface area contributed by atoms with Gasteiger partial charge in [-0.3, -0.25) is 4.79 Å². The van der Waals surface area contributed by atoms with E-state index in [9.17, 15) is 4.79 Å². The highest BCUT2D eigenvalue weighted by Crippen LogP contribution is 2.52. The van der Waals surface area contributed by atoms with Gasteiger partial charge in [-0.1, -0.05) is 18.2 Å². The lowest BCUT2D eigenvalue weighted by Crippen LogP contribution is -2.31. The van der Waals surface area contributed by atoms with Crippen molar-refractivity contribution in [1.82, 2.24) is 0 Å². The Balaban J connectivity index is 0.000000750. The predicted molar refractivity (Wildman–Crippen MR) is 57.7 cm³/mol. The molecule has 1 aromatic carbocycles. The summed E-state index contributed by atoms with van der Waals surface area (Å²) in [5.41, 5.74) is 2.28. The second kappa shape index (κ2) is 2.99. The van der Waals surface area contributed by atoms with Crippen molar-refractivity contribution < 1.29 is 4.79 Å². The minimum absolute atomic E-state index is 0. The number of hydrogen-bond donors (Lipinski definition) is 1. The van der Waals surface area contributed by atoms with Gasteiger partial charge in [0.05, 0.1) is 5.41 Å². The van der Waals surface area contributed by atoms with Gasteiger partial charge in [0.2, 0.25) is 5.91 Å². The van der Waals surface area contributed by atoms with Crippen molar-refractivity contribution in [2.24, 2.45) is 5.41 Å². The smallest absolute Gasteiger partial charge is 0.230 e. The number of halogens is 1. The molecule has 3 heteroatoms. The van der Waals surface area contributed by atoms with E-state index in [1.165, 1.54) is 5.56 Å². The molecule has 1 aliphatic carbocycles. The third-order valence-electron chi connectivity index (χ3n) is 3.13. The second-order valence-electron chi connectivity index (χ2n) is 4.07. The van der Waals surface area contributed by atoms with Crippen LogP contribution in [0, 0.1) is 5.41 Å². The van der Waals surface area contributed by atoms with E-state index in [4.69, 9.17) is 0 Å². The van der Waals surface area contributed by atoms with E-state index >= 15 is 0 Å². The molecule has 1 fully saturated rings. The third kappa shape index (κ3) is 1.22. The maximum atomic E-state index is 11.6. The van der Waals surface area contributed by atoms with Crippen LogP contribution in [-0.2, 0) is 11.2 Å². The number of benzene rings is 1. The molecule has 74 valence electrons. The molecule has 1 N–H and O–H groups in total. The van der Waals surface area contributed by atoms with Gasteiger partial charge in [-0.25, -0.2) is 0 Å². The van der Waals surface area contributed by atoms with Crippen LogP contribution in [0.4, 0.5) is 5.69 Å². The number of carbonyl (C=O) groups is 1. The maximum Gasteiger partial charge on any atom is 0.230 e. The lowest BCUT2D eigenvalue weighted by atomic mass is 9.91. The van der Waals surface area contributed by atoms with Gasteiger partial charge in [0, 0.05) is 5.69 Å². The van der Waals surface area contributed by atoms with E-state index in [-0.39, 0.29) is 23.7 Å². The number of rotatable bonds is 0. The Bertz CT molecular complexity index is 385. The Kier molecular flexibility index (Phi) is 2.04. The minimum atomic E-state index is -0.0195. The Morgan fingerprint density at radius 2 is 1.93 bits per heavy atom. The second-order valence-corrected chi connectivity index (χ2v) is 4.07. The number of anilines is 1. The lowest BCUT2D eigenvalue weighted by molar-refractivity contribution is -0.121. The molecule has 0 atom stereocenters. The molecular weight excluding hydrogens is 198 g/mol. The average molecular weight is 210 g/mol. The molecule has 1 aliphatic heterocycles. The average Bonchev–Trinajstić information content (AvgIpc) is 2.88. The summed E-state index contributed by atoms with van der Waals surface area (Å²) >= 11 is 0. The Morgan fingerprint density at radius 3 is 2.64 bits per heavy atom. The van der Waals surface area contributed by atoms with Crippen LogP contribution in [0.2, 0.25) is 0 Å². The number of amides is 1. The fraction of sp³-hybridized carbons (Fsp3) is 0.364. The molecule has 14 heavy (non-hydrogen) atoms. The highest BCUT2D eigenvalue weighted by Gasteiger charge is 2.51. The van der Waals surface area contributed by atoms with Crippen molar-refractivity contribution in [2.75, 3.05) is 5.32 Å². The summed E-state index contributed by atoms with van der Waals surface area (Å²) in [7, 11) is 0. The van der Waals surface area contributed by atoms with Crippen molar-refractivity contribution in [3.63, 3.8) is 0 Å². The molecule has 0 radical (unpaired) electrons. The normalized spacial score (nSPS) is 20.7. The van der Waals surface area contributed by atoms with Gasteiger partial charge >= 0.3 is 0 Å². The fourth-order valence-corrected chi connectivity index (χ4v) is 2.05. The van der Waals surface area contributed by atoms with Gasteiger partial charge in [0.15, 0.2) is 0 Å². The lowest BCUT2D eigenvalue weighted by Gasteiger charge is -2.23. The van der Waals surface area contributed by atoms with Crippen LogP contribution in [-0.4, -0.2) is 5.91 Å². The fourth-order valence-electron chi connectivity index (χ4n) is 2.05. The molecular formula is C11H12ClNO. The first kappa shape index (κ1) is 9.53. The highest BCUT2D eigenvalue weighted by molar-refractivity contribution is 6.00. The molecule has 0 saturated heterocycles. The van der Waals surface area contributed by atoms with Gasteiger partial charge in [-0.15, -0.1) is 12.4 Å². The molecule has 3 rings (SSSR count). The van der Waals surface area contributed by atoms with Crippen LogP contribution in [0.15, 0.2) is 24.3 Å². The van der Waals surface area contributed by atoms with E-state index in [1.807, 2.05) is 18.2 Å². The summed E-state index contributed by atoms with van der Waals surface area (Å²) in [6, 6.07) is 8.08. The van der Waals surface area contributed by atoms with E-state index in [0.29, 0.717) is 0 Å². The molecule has 0 bridgehead atoms.